The van der Waals surface area contributed by atoms with Crippen molar-refractivity contribution in [1.82, 2.24) is 0 Å². The van der Waals surface area contributed by atoms with Gasteiger partial charge in [0.25, 0.3) is 0 Å². The van der Waals surface area contributed by atoms with Crippen LogP contribution < -0.4 is 4.90 Å². The second-order valence-corrected chi connectivity index (χ2v) is 5.64. The first-order valence-corrected chi connectivity index (χ1v) is 7.17. The molecule has 96 valence electrons. The van der Waals surface area contributed by atoms with Crippen LogP contribution in [0.3, 0.4) is 0 Å². The molecule has 0 N–H and O–H groups in total. The lowest BCUT2D eigenvalue weighted by molar-refractivity contribution is 0.681. The van der Waals surface area contributed by atoms with E-state index in [2.05, 4.69) is 10.1 Å². The fourth-order valence-corrected chi connectivity index (χ4v) is 3.76. The van der Waals surface area contributed by atoms with Gasteiger partial charge in [0.2, 0.25) is 0 Å². The minimum atomic E-state index is -1.26. The molecule has 19 heavy (non-hydrogen) atoms. The Labute approximate surface area is 113 Å². The molecular formula is C14H12N2O2S. The lowest BCUT2D eigenvalue weighted by atomic mass is 10.2. The molecule has 1 atom stereocenters. The van der Waals surface area contributed by atoms with Crippen molar-refractivity contribution in [2.75, 3.05) is 11.4 Å². The van der Waals surface area contributed by atoms with Crippen molar-refractivity contribution in [3.05, 3.63) is 47.4 Å². The number of fused-ring (bicyclic) bond motifs is 2. The minimum absolute atomic E-state index is 0.308. The van der Waals surface area contributed by atoms with Crippen molar-refractivity contribution in [2.24, 2.45) is 5.18 Å². The first-order valence-electron chi connectivity index (χ1n) is 6.02. The highest BCUT2D eigenvalue weighted by atomic mass is 32.2. The van der Waals surface area contributed by atoms with Gasteiger partial charge in [0, 0.05) is 6.54 Å². The highest BCUT2D eigenvalue weighted by Crippen LogP contribution is 2.42. The lowest BCUT2D eigenvalue weighted by Gasteiger charge is -2.31. The molecule has 1 aliphatic heterocycles. The molecule has 0 radical (unpaired) electrons. The molecule has 4 nitrogen and oxygen atoms in total. The van der Waals surface area contributed by atoms with E-state index in [-0.39, 0.29) is 0 Å². The van der Waals surface area contributed by atoms with E-state index in [0.717, 1.165) is 22.8 Å². The Balaban J connectivity index is 2.27. The Hall–Kier alpha value is -2.01. The molecule has 0 fully saturated rings. The Kier molecular flexibility index (Phi) is 2.91. The monoisotopic (exact) mass is 272 g/mol. The van der Waals surface area contributed by atoms with Crippen molar-refractivity contribution >= 4 is 27.9 Å². The topological polar surface area (TPSA) is 49.7 Å². The van der Waals surface area contributed by atoms with Gasteiger partial charge in [-0.3, -0.25) is 0 Å². The molecule has 3 rings (SSSR count). The zero-order valence-corrected chi connectivity index (χ0v) is 11.2. The maximum atomic E-state index is 12.6. The van der Waals surface area contributed by atoms with Crippen LogP contribution >= 0.6 is 0 Å². The third-order valence-corrected chi connectivity index (χ3v) is 4.68. The summed E-state index contributed by atoms with van der Waals surface area (Å²) in [6.45, 7) is 2.82. The molecular weight excluding hydrogens is 260 g/mol. The van der Waals surface area contributed by atoms with Gasteiger partial charge in [0.05, 0.1) is 32.0 Å². The predicted octanol–water partition coefficient (Wildman–Crippen LogP) is 3.72. The molecule has 1 heterocycles. The van der Waals surface area contributed by atoms with E-state index < -0.39 is 10.8 Å². The molecule has 0 saturated carbocycles. The summed E-state index contributed by atoms with van der Waals surface area (Å²) in [6, 6.07) is 12.7. The quantitative estimate of drug-likeness (QED) is 0.783. The maximum absolute atomic E-state index is 12.6. The molecule has 2 aromatic rings. The largest absolute Gasteiger partial charge is 0.340 e. The van der Waals surface area contributed by atoms with Crippen LogP contribution in [-0.4, -0.2) is 10.8 Å². The van der Waals surface area contributed by atoms with Gasteiger partial charge in [0.1, 0.15) is 5.69 Å². The molecule has 0 amide bonds. The van der Waals surface area contributed by atoms with E-state index in [9.17, 15) is 9.12 Å². The van der Waals surface area contributed by atoms with Crippen LogP contribution in [0.1, 0.15) is 6.92 Å². The van der Waals surface area contributed by atoms with Gasteiger partial charge in [-0.1, -0.05) is 12.1 Å². The van der Waals surface area contributed by atoms with E-state index in [1.807, 2.05) is 37.3 Å². The van der Waals surface area contributed by atoms with Crippen LogP contribution in [-0.2, 0) is 10.8 Å². The van der Waals surface area contributed by atoms with E-state index in [4.69, 9.17) is 0 Å². The zero-order chi connectivity index (χ0) is 13.4. The van der Waals surface area contributed by atoms with Gasteiger partial charge in [-0.2, -0.15) is 0 Å². The zero-order valence-electron chi connectivity index (χ0n) is 10.4. The van der Waals surface area contributed by atoms with Crippen LogP contribution in [0.2, 0.25) is 0 Å². The summed E-state index contributed by atoms with van der Waals surface area (Å²) < 4.78 is 12.6. The normalized spacial score (nSPS) is 16.7. The fraction of sp³-hybridized carbons (Fsp3) is 0.143. The van der Waals surface area contributed by atoms with E-state index in [0.29, 0.717) is 10.6 Å². The second-order valence-electron chi connectivity index (χ2n) is 4.22. The number of hydrogen-bond acceptors (Lipinski definition) is 4. The summed E-state index contributed by atoms with van der Waals surface area (Å²) in [7, 11) is -1.26. The van der Waals surface area contributed by atoms with E-state index in [1.54, 1.807) is 12.1 Å². The lowest BCUT2D eigenvalue weighted by Crippen LogP contribution is -2.23. The summed E-state index contributed by atoms with van der Waals surface area (Å²) in [4.78, 5) is 14.2. The van der Waals surface area contributed by atoms with Crippen molar-refractivity contribution in [3.8, 4) is 0 Å². The molecule has 1 unspecified atom stereocenters. The highest BCUT2D eigenvalue weighted by Gasteiger charge is 2.27. The van der Waals surface area contributed by atoms with Crippen LogP contribution in [0.15, 0.2) is 57.4 Å². The van der Waals surface area contributed by atoms with Crippen molar-refractivity contribution in [1.29, 1.82) is 0 Å². The van der Waals surface area contributed by atoms with Crippen LogP contribution in [0.25, 0.3) is 0 Å². The van der Waals surface area contributed by atoms with Gasteiger partial charge in [-0.05, 0) is 42.4 Å². The Morgan fingerprint density at radius 1 is 1.11 bits per heavy atom. The number of nitroso groups, excluding NO2 is 1. The number of hydrogen-bond donors (Lipinski definition) is 0. The molecule has 5 heteroatoms. The molecule has 0 bridgehead atoms. The summed E-state index contributed by atoms with van der Waals surface area (Å²) in [5.74, 6) is 0. The molecule has 0 saturated heterocycles. The van der Waals surface area contributed by atoms with Crippen molar-refractivity contribution in [3.63, 3.8) is 0 Å². The number of benzene rings is 2. The SMILES string of the molecule is CCN1c2ccccc2S(=O)c2cc(N=O)ccc21. The summed E-state index contributed by atoms with van der Waals surface area (Å²) >= 11 is 0. The second kappa shape index (κ2) is 4.59. The maximum Gasteiger partial charge on any atom is 0.109 e. The number of para-hydroxylation sites is 1. The molecule has 0 aromatic heterocycles. The highest BCUT2D eigenvalue weighted by molar-refractivity contribution is 7.85. The third kappa shape index (κ3) is 1.77. The Morgan fingerprint density at radius 3 is 2.58 bits per heavy atom. The van der Waals surface area contributed by atoms with E-state index >= 15 is 0 Å². The average molecular weight is 272 g/mol. The average Bonchev–Trinajstić information content (AvgIpc) is 2.48. The standard InChI is InChI=1S/C14H12N2O2S/c1-2-16-11-5-3-4-6-13(11)19(18)14-9-10(15-17)7-8-12(14)16/h3-9H,2H2,1H3. The smallest absolute Gasteiger partial charge is 0.109 e. The van der Waals surface area contributed by atoms with Crippen LogP contribution in [0, 0.1) is 4.91 Å². The Morgan fingerprint density at radius 2 is 1.84 bits per heavy atom. The van der Waals surface area contributed by atoms with Gasteiger partial charge in [0.15, 0.2) is 0 Å². The molecule has 0 spiro atoms. The first kappa shape index (κ1) is 12.0. The Bertz CT molecular complexity index is 685. The molecule has 0 aliphatic carbocycles. The third-order valence-electron chi connectivity index (χ3n) is 3.21. The first-order chi connectivity index (χ1) is 9.26. The summed E-state index contributed by atoms with van der Waals surface area (Å²) in [5.41, 5.74) is 2.15. The van der Waals surface area contributed by atoms with Crippen LogP contribution in [0.5, 0.6) is 0 Å². The van der Waals surface area contributed by atoms with Gasteiger partial charge >= 0.3 is 0 Å². The van der Waals surface area contributed by atoms with Crippen molar-refractivity contribution in [2.45, 2.75) is 16.7 Å². The number of anilines is 2. The van der Waals surface area contributed by atoms with Gasteiger partial charge < -0.3 is 4.90 Å². The van der Waals surface area contributed by atoms with Gasteiger partial charge in [-0.15, -0.1) is 4.91 Å². The van der Waals surface area contributed by atoms with Crippen LogP contribution in [0.4, 0.5) is 17.1 Å². The molecule has 1 aliphatic rings. The number of rotatable bonds is 2. The summed E-state index contributed by atoms with van der Waals surface area (Å²) in [6.07, 6.45) is 0. The van der Waals surface area contributed by atoms with Crippen molar-refractivity contribution < 1.29 is 4.21 Å². The minimum Gasteiger partial charge on any atom is -0.340 e. The number of nitrogens with zero attached hydrogens (tertiary/aromatic N) is 2. The molecule has 2 aromatic carbocycles. The van der Waals surface area contributed by atoms with Gasteiger partial charge in [-0.25, -0.2) is 4.21 Å². The fourth-order valence-electron chi connectivity index (χ4n) is 2.36. The van der Waals surface area contributed by atoms with E-state index in [1.165, 1.54) is 0 Å². The summed E-state index contributed by atoms with van der Waals surface area (Å²) in [5, 5.41) is 2.92. The predicted molar refractivity (Wildman–Crippen MR) is 75.7 cm³/mol.